The van der Waals surface area contributed by atoms with Crippen LogP contribution in [0.25, 0.3) is 10.8 Å². The summed E-state index contributed by atoms with van der Waals surface area (Å²) in [7, 11) is 0. The first-order chi connectivity index (χ1) is 9.66. The van der Waals surface area contributed by atoms with E-state index in [0.717, 1.165) is 16.3 Å². The number of carbonyl (C=O) groups is 1. The van der Waals surface area contributed by atoms with Gasteiger partial charge in [-0.1, -0.05) is 29.8 Å². The van der Waals surface area contributed by atoms with E-state index in [-0.39, 0.29) is 5.78 Å². The average Bonchev–Trinajstić information content (AvgIpc) is 2.49. The SMILES string of the molecule is Cc1cc(C(=O)c2cccc3cnccc23)ccc1Cl. The predicted molar refractivity (Wildman–Crippen MR) is 81.4 cm³/mol. The number of pyridine rings is 1. The predicted octanol–water partition coefficient (Wildman–Crippen LogP) is 4.43. The van der Waals surface area contributed by atoms with Gasteiger partial charge in [-0.15, -0.1) is 0 Å². The van der Waals surface area contributed by atoms with Crippen LogP contribution in [0.3, 0.4) is 0 Å². The number of benzene rings is 2. The normalized spacial score (nSPS) is 10.7. The van der Waals surface area contributed by atoms with Crippen molar-refractivity contribution in [2.24, 2.45) is 0 Å². The van der Waals surface area contributed by atoms with Gasteiger partial charge in [0.1, 0.15) is 0 Å². The second-order valence-corrected chi connectivity index (χ2v) is 5.10. The number of rotatable bonds is 2. The number of halogens is 1. The molecule has 2 aromatic carbocycles. The van der Waals surface area contributed by atoms with Gasteiger partial charge >= 0.3 is 0 Å². The zero-order valence-electron chi connectivity index (χ0n) is 10.9. The molecule has 0 saturated heterocycles. The molecule has 3 aromatic rings. The Balaban J connectivity index is 2.15. The molecule has 3 heteroatoms. The van der Waals surface area contributed by atoms with Crippen LogP contribution in [0.1, 0.15) is 21.5 Å². The van der Waals surface area contributed by atoms with E-state index in [0.29, 0.717) is 16.1 Å². The highest BCUT2D eigenvalue weighted by atomic mass is 35.5. The quantitative estimate of drug-likeness (QED) is 0.651. The maximum Gasteiger partial charge on any atom is 0.193 e. The van der Waals surface area contributed by atoms with Crippen LogP contribution in [0.15, 0.2) is 54.9 Å². The fourth-order valence-electron chi connectivity index (χ4n) is 2.26. The van der Waals surface area contributed by atoms with E-state index in [4.69, 9.17) is 11.6 Å². The first-order valence-corrected chi connectivity index (χ1v) is 6.68. The van der Waals surface area contributed by atoms with Crippen molar-refractivity contribution in [2.75, 3.05) is 0 Å². The van der Waals surface area contributed by atoms with E-state index in [1.807, 2.05) is 37.3 Å². The number of fused-ring (bicyclic) bond motifs is 1. The lowest BCUT2D eigenvalue weighted by atomic mass is 9.97. The van der Waals surface area contributed by atoms with Crippen LogP contribution in [0.5, 0.6) is 0 Å². The van der Waals surface area contributed by atoms with Crippen molar-refractivity contribution in [3.63, 3.8) is 0 Å². The van der Waals surface area contributed by atoms with Gasteiger partial charge in [0.15, 0.2) is 5.78 Å². The van der Waals surface area contributed by atoms with Gasteiger partial charge in [0.2, 0.25) is 0 Å². The second kappa shape index (κ2) is 5.06. The molecule has 98 valence electrons. The Morgan fingerprint density at radius 3 is 2.80 bits per heavy atom. The minimum absolute atomic E-state index is 0.00145. The molecule has 0 aliphatic heterocycles. The van der Waals surface area contributed by atoms with Gasteiger partial charge in [0.05, 0.1) is 0 Å². The van der Waals surface area contributed by atoms with Gasteiger partial charge < -0.3 is 0 Å². The molecule has 0 radical (unpaired) electrons. The zero-order chi connectivity index (χ0) is 14.1. The average molecular weight is 282 g/mol. The lowest BCUT2D eigenvalue weighted by Gasteiger charge is -2.07. The van der Waals surface area contributed by atoms with Crippen molar-refractivity contribution in [3.05, 3.63) is 76.6 Å². The fraction of sp³-hybridized carbons (Fsp3) is 0.0588. The smallest absolute Gasteiger partial charge is 0.193 e. The largest absolute Gasteiger partial charge is 0.289 e. The Labute approximate surface area is 122 Å². The third-order valence-corrected chi connectivity index (χ3v) is 3.77. The summed E-state index contributed by atoms with van der Waals surface area (Å²) in [6, 6.07) is 12.9. The molecule has 0 fully saturated rings. The van der Waals surface area contributed by atoms with Gasteiger partial charge in [-0.05, 0) is 42.1 Å². The van der Waals surface area contributed by atoms with E-state index >= 15 is 0 Å². The summed E-state index contributed by atoms with van der Waals surface area (Å²) >= 11 is 6.01. The molecule has 0 spiro atoms. The fourth-order valence-corrected chi connectivity index (χ4v) is 2.38. The topological polar surface area (TPSA) is 30.0 Å². The molecule has 2 nitrogen and oxygen atoms in total. The lowest BCUT2D eigenvalue weighted by molar-refractivity contribution is 0.104. The number of nitrogens with zero attached hydrogens (tertiary/aromatic N) is 1. The minimum atomic E-state index is 0.00145. The third kappa shape index (κ3) is 2.19. The van der Waals surface area contributed by atoms with E-state index < -0.39 is 0 Å². The monoisotopic (exact) mass is 281 g/mol. The molecule has 0 atom stereocenters. The summed E-state index contributed by atoms with van der Waals surface area (Å²) in [6.07, 6.45) is 3.46. The maximum absolute atomic E-state index is 12.7. The van der Waals surface area contributed by atoms with Gasteiger partial charge in [-0.25, -0.2) is 0 Å². The second-order valence-electron chi connectivity index (χ2n) is 4.70. The highest BCUT2D eigenvalue weighted by Crippen LogP contribution is 2.23. The van der Waals surface area contributed by atoms with Crippen molar-refractivity contribution in [1.82, 2.24) is 4.98 Å². The first-order valence-electron chi connectivity index (χ1n) is 6.30. The van der Waals surface area contributed by atoms with Crippen molar-refractivity contribution in [2.45, 2.75) is 6.92 Å². The van der Waals surface area contributed by atoms with Crippen LogP contribution >= 0.6 is 11.6 Å². The van der Waals surface area contributed by atoms with Crippen molar-refractivity contribution >= 4 is 28.2 Å². The van der Waals surface area contributed by atoms with E-state index in [2.05, 4.69) is 4.98 Å². The molecule has 0 N–H and O–H groups in total. The first kappa shape index (κ1) is 12.8. The molecule has 3 rings (SSSR count). The molecule has 0 aliphatic rings. The van der Waals surface area contributed by atoms with Crippen molar-refractivity contribution < 1.29 is 4.79 Å². The van der Waals surface area contributed by atoms with Gasteiger partial charge in [-0.2, -0.15) is 0 Å². The van der Waals surface area contributed by atoms with Gasteiger partial charge in [0, 0.05) is 33.9 Å². The molecule has 0 saturated carbocycles. The molecule has 0 aliphatic carbocycles. The van der Waals surface area contributed by atoms with E-state index in [1.165, 1.54) is 0 Å². The van der Waals surface area contributed by atoms with E-state index in [9.17, 15) is 4.79 Å². The van der Waals surface area contributed by atoms with Crippen LogP contribution in [-0.4, -0.2) is 10.8 Å². The van der Waals surface area contributed by atoms with Crippen LogP contribution in [0.4, 0.5) is 0 Å². The van der Waals surface area contributed by atoms with Gasteiger partial charge in [-0.3, -0.25) is 9.78 Å². The third-order valence-electron chi connectivity index (χ3n) is 3.35. The molecular weight excluding hydrogens is 270 g/mol. The van der Waals surface area contributed by atoms with E-state index in [1.54, 1.807) is 24.5 Å². The molecule has 0 amide bonds. The number of hydrogen-bond donors (Lipinski definition) is 0. The minimum Gasteiger partial charge on any atom is -0.289 e. The highest BCUT2D eigenvalue weighted by molar-refractivity contribution is 6.31. The lowest BCUT2D eigenvalue weighted by Crippen LogP contribution is -2.02. The number of aromatic nitrogens is 1. The Bertz CT molecular complexity index is 806. The summed E-state index contributed by atoms with van der Waals surface area (Å²) in [5, 5.41) is 2.55. The number of ketones is 1. The standard InChI is InChI=1S/C17H12ClNO/c1-11-9-12(5-6-16(11)18)17(20)15-4-2-3-13-10-19-8-7-14(13)15/h2-10H,1H3. The maximum atomic E-state index is 12.7. The number of hydrogen-bond acceptors (Lipinski definition) is 2. The number of carbonyl (C=O) groups excluding carboxylic acids is 1. The molecule has 0 unspecified atom stereocenters. The van der Waals surface area contributed by atoms with Crippen LogP contribution in [-0.2, 0) is 0 Å². The highest BCUT2D eigenvalue weighted by Gasteiger charge is 2.13. The Morgan fingerprint density at radius 1 is 1.15 bits per heavy atom. The number of aryl methyl sites for hydroxylation is 1. The molecule has 1 aromatic heterocycles. The summed E-state index contributed by atoms with van der Waals surface area (Å²) < 4.78 is 0. The van der Waals surface area contributed by atoms with Gasteiger partial charge in [0.25, 0.3) is 0 Å². The Morgan fingerprint density at radius 2 is 2.00 bits per heavy atom. The van der Waals surface area contributed by atoms with Crippen molar-refractivity contribution in [3.8, 4) is 0 Å². The molecule has 1 heterocycles. The van der Waals surface area contributed by atoms with Crippen LogP contribution < -0.4 is 0 Å². The molecular formula is C17H12ClNO. The summed E-state index contributed by atoms with van der Waals surface area (Å²) in [5.41, 5.74) is 2.24. The summed E-state index contributed by atoms with van der Waals surface area (Å²) in [4.78, 5) is 16.7. The Hall–Kier alpha value is -2.19. The zero-order valence-corrected chi connectivity index (χ0v) is 11.7. The summed E-state index contributed by atoms with van der Waals surface area (Å²) in [6.45, 7) is 1.89. The summed E-state index contributed by atoms with van der Waals surface area (Å²) in [5.74, 6) is 0.00145. The van der Waals surface area contributed by atoms with Crippen LogP contribution in [0, 0.1) is 6.92 Å². The van der Waals surface area contributed by atoms with Crippen molar-refractivity contribution in [1.29, 1.82) is 0 Å². The van der Waals surface area contributed by atoms with Crippen LogP contribution in [0.2, 0.25) is 5.02 Å². The molecule has 20 heavy (non-hydrogen) atoms. The Kier molecular flexibility index (Phi) is 3.25. The molecule has 0 bridgehead atoms.